The molecule has 2 aromatic heterocycles. The molecule has 1 saturated heterocycles. The molecule has 2 aromatic carbocycles. The highest BCUT2D eigenvalue weighted by Crippen LogP contribution is 2.22. The fourth-order valence-corrected chi connectivity index (χ4v) is 3.65. The van der Waals surface area contributed by atoms with Crippen LogP contribution in [0.2, 0.25) is 0 Å². The van der Waals surface area contributed by atoms with Crippen LogP contribution < -0.4 is 0 Å². The number of carbonyl (C=O) groups excluding carboxylic acids is 2. The largest absolute Gasteiger partial charge is 0.436 e. The third kappa shape index (κ3) is 3.90. The number of allylic oxidation sites excluding steroid dienone is 2. The Hall–Kier alpha value is -4.20. The topological polar surface area (TPSA) is 92.7 Å². The van der Waals surface area contributed by atoms with Crippen molar-refractivity contribution in [3.63, 3.8) is 0 Å². The average Bonchev–Trinajstić information content (AvgIpc) is 3.46. The molecular weight excluding hydrogens is 408 g/mol. The Labute approximate surface area is 183 Å². The van der Waals surface area contributed by atoms with Crippen molar-refractivity contribution in [2.24, 2.45) is 0 Å². The second kappa shape index (κ2) is 8.50. The van der Waals surface area contributed by atoms with Gasteiger partial charge in [-0.15, -0.1) is 0 Å². The van der Waals surface area contributed by atoms with Crippen LogP contribution in [0.3, 0.4) is 0 Å². The summed E-state index contributed by atoms with van der Waals surface area (Å²) in [5, 5.41) is 0. The number of piperazine rings is 1. The molecule has 4 aromatic rings. The van der Waals surface area contributed by atoms with E-state index in [1.807, 2.05) is 58.3 Å². The molecular formula is C24H20N4O4. The van der Waals surface area contributed by atoms with Gasteiger partial charge in [0.15, 0.2) is 23.7 Å². The van der Waals surface area contributed by atoms with Gasteiger partial charge in [0.2, 0.25) is 11.8 Å². The van der Waals surface area contributed by atoms with E-state index in [4.69, 9.17) is 8.83 Å². The van der Waals surface area contributed by atoms with Gasteiger partial charge in [-0.3, -0.25) is 9.59 Å². The number of oxazole rings is 2. The lowest BCUT2D eigenvalue weighted by atomic mass is 10.2. The van der Waals surface area contributed by atoms with Gasteiger partial charge in [-0.05, 0) is 24.3 Å². The highest BCUT2D eigenvalue weighted by molar-refractivity contribution is 6.06. The van der Waals surface area contributed by atoms with E-state index in [1.54, 1.807) is 12.4 Å². The molecule has 0 amide bonds. The van der Waals surface area contributed by atoms with Crippen molar-refractivity contribution >= 4 is 45.9 Å². The van der Waals surface area contributed by atoms with Crippen LogP contribution in [0.1, 0.15) is 11.8 Å². The molecule has 8 heteroatoms. The lowest BCUT2D eigenvalue weighted by molar-refractivity contribution is -0.104. The minimum absolute atomic E-state index is 0.308. The fourth-order valence-electron chi connectivity index (χ4n) is 3.65. The summed E-state index contributed by atoms with van der Waals surface area (Å²) in [7, 11) is 0. The molecule has 160 valence electrons. The van der Waals surface area contributed by atoms with Crippen LogP contribution in [0, 0.1) is 0 Å². The molecule has 0 unspecified atom stereocenters. The number of hydrogen-bond donors (Lipinski definition) is 0. The number of aldehydes is 2. The molecule has 32 heavy (non-hydrogen) atoms. The highest BCUT2D eigenvalue weighted by Gasteiger charge is 2.18. The number of fused-ring (bicyclic) bond motifs is 2. The maximum atomic E-state index is 11.7. The van der Waals surface area contributed by atoms with Gasteiger partial charge in [0.25, 0.3) is 0 Å². The van der Waals surface area contributed by atoms with Crippen LogP contribution in [0.5, 0.6) is 0 Å². The van der Waals surface area contributed by atoms with Crippen molar-refractivity contribution in [1.29, 1.82) is 0 Å². The summed E-state index contributed by atoms with van der Waals surface area (Å²) in [6.45, 7) is 2.70. The molecule has 5 rings (SSSR count). The van der Waals surface area contributed by atoms with Gasteiger partial charge in [-0.25, -0.2) is 9.97 Å². The van der Waals surface area contributed by atoms with E-state index in [0.29, 0.717) is 71.3 Å². The smallest absolute Gasteiger partial charge is 0.232 e. The normalized spacial score (nSPS) is 15.5. The van der Waals surface area contributed by atoms with E-state index < -0.39 is 0 Å². The van der Waals surface area contributed by atoms with Crippen LogP contribution in [0.4, 0.5) is 0 Å². The molecule has 0 aliphatic carbocycles. The Morgan fingerprint density at radius 3 is 1.47 bits per heavy atom. The monoisotopic (exact) mass is 428 g/mol. The van der Waals surface area contributed by atoms with Crippen LogP contribution >= 0.6 is 0 Å². The number of nitrogens with zero attached hydrogens (tertiary/aromatic N) is 4. The summed E-state index contributed by atoms with van der Waals surface area (Å²) in [6, 6.07) is 14.8. The first kappa shape index (κ1) is 19.7. The van der Waals surface area contributed by atoms with Crippen molar-refractivity contribution in [1.82, 2.24) is 19.8 Å². The summed E-state index contributed by atoms with van der Waals surface area (Å²) in [4.78, 5) is 36.2. The van der Waals surface area contributed by atoms with Crippen molar-refractivity contribution in [2.45, 2.75) is 0 Å². The lowest BCUT2D eigenvalue weighted by Gasteiger charge is -2.33. The third-order valence-corrected chi connectivity index (χ3v) is 5.33. The summed E-state index contributed by atoms with van der Waals surface area (Å²) < 4.78 is 11.4. The Morgan fingerprint density at radius 1 is 0.688 bits per heavy atom. The first-order chi connectivity index (χ1) is 15.7. The fraction of sp³-hybridized carbons (Fsp3) is 0.167. The van der Waals surface area contributed by atoms with Crippen LogP contribution in [-0.4, -0.2) is 58.5 Å². The number of para-hydroxylation sites is 4. The predicted molar refractivity (Wildman–Crippen MR) is 119 cm³/mol. The summed E-state index contributed by atoms with van der Waals surface area (Å²) in [6.07, 6.45) is 5.07. The molecule has 0 saturated carbocycles. The Bertz CT molecular complexity index is 1170. The van der Waals surface area contributed by atoms with E-state index in [2.05, 4.69) is 9.97 Å². The molecule has 0 atom stereocenters. The minimum atomic E-state index is 0.308. The lowest BCUT2D eigenvalue weighted by Crippen LogP contribution is -2.41. The van der Waals surface area contributed by atoms with E-state index in [1.165, 1.54) is 0 Å². The van der Waals surface area contributed by atoms with Gasteiger partial charge >= 0.3 is 0 Å². The molecule has 0 bridgehead atoms. The number of rotatable bonds is 6. The van der Waals surface area contributed by atoms with E-state index >= 15 is 0 Å². The first-order valence-electron chi connectivity index (χ1n) is 10.3. The maximum Gasteiger partial charge on any atom is 0.232 e. The molecule has 8 nitrogen and oxygen atoms in total. The summed E-state index contributed by atoms with van der Waals surface area (Å²) >= 11 is 0. The molecule has 3 heterocycles. The molecule has 0 N–H and O–H groups in total. The number of aromatic nitrogens is 2. The van der Waals surface area contributed by atoms with E-state index in [-0.39, 0.29) is 0 Å². The van der Waals surface area contributed by atoms with Crippen molar-refractivity contribution in [3.8, 4) is 0 Å². The molecule has 0 spiro atoms. The quantitative estimate of drug-likeness (QED) is 0.341. The SMILES string of the molecule is O=CC(=CN1CCN(C=C(C=O)c2nc3ccccc3o2)CC1)c1nc2ccccc2o1. The number of hydrogen-bond acceptors (Lipinski definition) is 8. The van der Waals surface area contributed by atoms with Gasteiger partial charge in [-0.1, -0.05) is 24.3 Å². The Balaban J connectivity index is 1.29. The second-order valence-corrected chi connectivity index (χ2v) is 7.45. The molecule has 1 aliphatic rings. The average molecular weight is 428 g/mol. The summed E-state index contributed by atoms with van der Waals surface area (Å²) in [5.74, 6) is 0.616. The van der Waals surface area contributed by atoms with Crippen molar-refractivity contribution in [3.05, 3.63) is 72.7 Å². The molecule has 1 fully saturated rings. The van der Waals surface area contributed by atoms with Gasteiger partial charge in [0.1, 0.15) is 11.0 Å². The van der Waals surface area contributed by atoms with Gasteiger partial charge in [-0.2, -0.15) is 0 Å². The molecule has 0 radical (unpaired) electrons. The van der Waals surface area contributed by atoms with Gasteiger partial charge in [0, 0.05) is 38.6 Å². The number of benzene rings is 2. The third-order valence-electron chi connectivity index (χ3n) is 5.33. The summed E-state index contributed by atoms with van der Waals surface area (Å²) in [5.41, 5.74) is 3.50. The van der Waals surface area contributed by atoms with Crippen molar-refractivity contribution in [2.75, 3.05) is 26.2 Å². The highest BCUT2D eigenvalue weighted by atomic mass is 16.4. The van der Waals surface area contributed by atoms with Gasteiger partial charge in [0.05, 0.1) is 11.1 Å². The zero-order valence-electron chi connectivity index (χ0n) is 17.2. The minimum Gasteiger partial charge on any atom is -0.436 e. The molecule has 1 aliphatic heterocycles. The maximum absolute atomic E-state index is 11.7. The van der Waals surface area contributed by atoms with Crippen molar-refractivity contribution < 1.29 is 18.4 Å². The standard InChI is InChI=1S/C24H20N4O4/c29-15-17(23-25-19-5-1-3-7-21(19)31-23)13-27-9-11-28(12-10-27)14-18(16-30)24-26-20-6-2-4-8-22(20)32-24/h1-8,13-16H,9-12H2. The van der Waals surface area contributed by atoms with Crippen LogP contribution in [-0.2, 0) is 9.59 Å². The zero-order chi connectivity index (χ0) is 21.9. The van der Waals surface area contributed by atoms with E-state index in [9.17, 15) is 9.59 Å². The first-order valence-corrected chi connectivity index (χ1v) is 10.3. The second-order valence-electron chi connectivity index (χ2n) is 7.45. The predicted octanol–water partition coefficient (Wildman–Crippen LogP) is 3.37. The Morgan fingerprint density at radius 2 is 1.09 bits per heavy atom. The zero-order valence-corrected chi connectivity index (χ0v) is 17.2. The van der Waals surface area contributed by atoms with Crippen LogP contribution in [0.15, 0.2) is 69.8 Å². The van der Waals surface area contributed by atoms with Crippen LogP contribution in [0.25, 0.3) is 33.3 Å². The Kier molecular flexibility index (Phi) is 5.25. The number of carbonyl (C=O) groups is 2. The van der Waals surface area contributed by atoms with E-state index in [0.717, 1.165) is 12.6 Å². The van der Waals surface area contributed by atoms with Gasteiger partial charge < -0.3 is 18.6 Å².